The summed E-state index contributed by atoms with van der Waals surface area (Å²) in [5.74, 6) is -0.259. The molecule has 2 rings (SSSR count). The maximum absolute atomic E-state index is 12.3. The van der Waals surface area contributed by atoms with E-state index in [9.17, 15) is 9.59 Å². The first kappa shape index (κ1) is 17.1. The van der Waals surface area contributed by atoms with Crippen molar-refractivity contribution < 1.29 is 19.1 Å². The van der Waals surface area contributed by atoms with Gasteiger partial charge in [0.25, 0.3) is 5.91 Å². The van der Waals surface area contributed by atoms with Gasteiger partial charge < -0.3 is 14.8 Å². The number of aryl methyl sites for hydroxylation is 1. The molecule has 0 heterocycles. The molecule has 0 saturated heterocycles. The van der Waals surface area contributed by atoms with Gasteiger partial charge in [-0.3, -0.25) is 9.59 Å². The highest BCUT2D eigenvalue weighted by Crippen LogP contribution is 2.26. The Morgan fingerprint density at radius 2 is 2.09 bits per heavy atom. The molecular weight excluding hydrogens is 294 g/mol. The summed E-state index contributed by atoms with van der Waals surface area (Å²) in [5, 5.41) is 2.76. The summed E-state index contributed by atoms with van der Waals surface area (Å²) in [6, 6.07) is 5.50. The van der Waals surface area contributed by atoms with Crippen LogP contribution in [0.5, 0.6) is 5.75 Å². The zero-order chi connectivity index (χ0) is 16.8. The van der Waals surface area contributed by atoms with E-state index < -0.39 is 6.10 Å². The summed E-state index contributed by atoms with van der Waals surface area (Å²) in [6.07, 6.45) is 5.52. The molecular formula is C18H23NO4. The molecule has 1 aliphatic carbocycles. The molecule has 0 bridgehead atoms. The number of hydrogen-bond acceptors (Lipinski definition) is 4. The minimum absolute atomic E-state index is 0.149. The van der Waals surface area contributed by atoms with E-state index in [1.807, 2.05) is 25.1 Å². The molecule has 1 amide bonds. The van der Waals surface area contributed by atoms with Gasteiger partial charge in [0.05, 0.1) is 18.7 Å². The van der Waals surface area contributed by atoms with Crippen LogP contribution in [-0.2, 0) is 14.3 Å². The molecule has 1 aromatic carbocycles. The number of methoxy groups -OCH3 is 1. The molecule has 0 unspecified atom stereocenters. The zero-order valence-corrected chi connectivity index (χ0v) is 13.8. The van der Waals surface area contributed by atoms with E-state index in [2.05, 4.69) is 11.4 Å². The molecule has 0 saturated carbocycles. The molecule has 1 aliphatic rings. The molecule has 0 fully saturated rings. The summed E-state index contributed by atoms with van der Waals surface area (Å²) in [4.78, 5) is 24.3. The minimum Gasteiger partial charge on any atom is -0.495 e. The third-order valence-electron chi connectivity index (χ3n) is 3.88. The van der Waals surface area contributed by atoms with Gasteiger partial charge in [-0.25, -0.2) is 0 Å². The molecule has 1 aromatic rings. The summed E-state index contributed by atoms with van der Waals surface area (Å²) in [5.41, 5.74) is 1.57. The molecule has 0 radical (unpaired) electrons. The van der Waals surface area contributed by atoms with Crippen LogP contribution in [-0.4, -0.2) is 25.1 Å². The lowest BCUT2D eigenvalue weighted by molar-refractivity contribution is -0.157. The lowest BCUT2D eigenvalue weighted by Crippen LogP contribution is -2.32. The van der Waals surface area contributed by atoms with Crippen LogP contribution in [0.2, 0.25) is 0 Å². The Morgan fingerprint density at radius 1 is 1.30 bits per heavy atom. The first-order valence-electron chi connectivity index (χ1n) is 7.82. The van der Waals surface area contributed by atoms with Gasteiger partial charge in [-0.2, -0.15) is 0 Å². The van der Waals surface area contributed by atoms with E-state index in [4.69, 9.17) is 9.47 Å². The van der Waals surface area contributed by atoms with Crippen molar-refractivity contribution in [2.75, 3.05) is 12.4 Å². The molecule has 0 spiro atoms. The number of hydrogen-bond donors (Lipinski definition) is 1. The SMILES string of the molecule is COc1ccc(C)cc1NC(=O)[C@@H](C)OC(=O)[C@@H]1CC=CCC1. The average molecular weight is 317 g/mol. The van der Waals surface area contributed by atoms with Crippen LogP contribution in [0.25, 0.3) is 0 Å². The molecule has 124 valence electrons. The topological polar surface area (TPSA) is 64.6 Å². The van der Waals surface area contributed by atoms with Gasteiger partial charge in [-0.1, -0.05) is 18.2 Å². The van der Waals surface area contributed by atoms with Gasteiger partial charge >= 0.3 is 5.97 Å². The fourth-order valence-electron chi connectivity index (χ4n) is 2.49. The van der Waals surface area contributed by atoms with Crippen molar-refractivity contribution in [2.24, 2.45) is 5.92 Å². The second kappa shape index (κ2) is 7.81. The smallest absolute Gasteiger partial charge is 0.310 e. The number of esters is 1. The van der Waals surface area contributed by atoms with E-state index in [1.54, 1.807) is 20.1 Å². The Hall–Kier alpha value is -2.30. The second-order valence-corrected chi connectivity index (χ2v) is 5.75. The summed E-state index contributed by atoms with van der Waals surface area (Å²) < 4.78 is 10.5. The second-order valence-electron chi connectivity index (χ2n) is 5.75. The molecule has 5 nitrogen and oxygen atoms in total. The lowest BCUT2D eigenvalue weighted by Gasteiger charge is -2.20. The predicted molar refractivity (Wildman–Crippen MR) is 88.4 cm³/mol. The van der Waals surface area contributed by atoms with Gasteiger partial charge in [-0.15, -0.1) is 0 Å². The number of rotatable bonds is 5. The Bertz CT molecular complexity index is 609. The first-order chi connectivity index (χ1) is 11.0. The van der Waals surface area contributed by atoms with Crippen LogP contribution < -0.4 is 10.1 Å². The van der Waals surface area contributed by atoms with Crippen molar-refractivity contribution in [1.82, 2.24) is 0 Å². The number of carbonyl (C=O) groups is 2. The fourth-order valence-corrected chi connectivity index (χ4v) is 2.49. The van der Waals surface area contributed by atoms with E-state index >= 15 is 0 Å². The van der Waals surface area contributed by atoms with Crippen molar-refractivity contribution in [3.63, 3.8) is 0 Å². The van der Waals surface area contributed by atoms with Gasteiger partial charge in [0.1, 0.15) is 5.75 Å². The number of nitrogens with one attached hydrogen (secondary N) is 1. The minimum atomic E-state index is -0.848. The highest BCUT2D eigenvalue weighted by molar-refractivity contribution is 5.96. The molecule has 1 N–H and O–H groups in total. The molecule has 0 aliphatic heterocycles. The molecule has 23 heavy (non-hydrogen) atoms. The van der Waals surface area contributed by atoms with Gasteiger partial charge in [-0.05, 0) is 50.8 Å². The van der Waals surface area contributed by atoms with Crippen molar-refractivity contribution in [2.45, 2.75) is 39.2 Å². The van der Waals surface area contributed by atoms with E-state index in [-0.39, 0.29) is 17.8 Å². The molecule has 2 atom stereocenters. The standard InChI is InChI=1S/C18H23NO4/c1-12-9-10-16(22-3)15(11-12)19-17(20)13(2)23-18(21)14-7-5-4-6-8-14/h4-5,9-11,13-14H,6-8H2,1-3H3,(H,19,20)/t13-,14-/m1/s1. The first-order valence-corrected chi connectivity index (χ1v) is 7.82. The van der Waals surface area contributed by atoms with Crippen molar-refractivity contribution >= 4 is 17.6 Å². The fraction of sp³-hybridized carbons (Fsp3) is 0.444. The van der Waals surface area contributed by atoms with E-state index in [0.29, 0.717) is 17.9 Å². The Kier molecular flexibility index (Phi) is 5.79. The number of benzene rings is 1. The summed E-state index contributed by atoms with van der Waals surface area (Å²) in [6.45, 7) is 3.50. The largest absolute Gasteiger partial charge is 0.495 e. The van der Waals surface area contributed by atoms with Crippen LogP contribution in [0.3, 0.4) is 0 Å². The highest BCUT2D eigenvalue weighted by Gasteiger charge is 2.25. The maximum Gasteiger partial charge on any atom is 0.310 e. The third-order valence-corrected chi connectivity index (χ3v) is 3.88. The number of anilines is 1. The van der Waals surface area contributed by atoms with Gasteiger partial charge in [0.15, 0.2) is 6.10 Å². The predicted octanol–water partition coefficient (Wildman–Crippen LogP) is 3.23. The number of amides is 1. The van der Waals surface area contributed by atoms with Crippen molar-refractivity contribution in [1.29, 1.82) is 0 Å². The van der Waals surface area contributed by atoms with Crippen LogP contribution in [0.4, 0.5) is 5.69 Å². The average Bonchev–Trinajstić information content (AvgIpc) is 2.55. The lowest BCUT2D eigenvalue weighted by atomic mass is 9.95. The highest BCUT2D eigenvalue weighted by atomic mass is 16.5. The maximum atomic E-state index is 12.3. The summed E-state index contributed by atoms with van der Waals surface area (Å²) in [7, 11) is 1.54. The quantitative estimate of drug-likeness (QED) is 0.669. The summed E-state index contributed by atoms with van der Waals surface area (Å²) >= 11 is 0. The van der Waals surface area contributed by atoms with Crippen LogP contribution in [0.1, 0.15) is 31.7 Å². The number of allylic oxidation sites excluding steroid dienone is 2. The zero-order valence-electron chi connectivity index (χ0n) is 13.8. The molecule has 5 heteroatoms. The van der Waals surface area contributed by atoms with Crippen LogP contribution in [0, 0.1) is 12.8 Å². The van der Waals surface area contributed by atoms with E-state index in [0.717, 1.165) is 18.4 Å². The number of carbonyl (C=O) groups excluding carboxylic acids is 2. The van der Waals surface area contributed by atoms with Gasteiger partial charge in [0.2, 0.25) is 0 Å². The Balaban J connectivity index is 1.96. The Labute approximate surface area is 136 Å². The normalized spacial score (nSPS) is 18.1. The van der Waals surface area contributed by atoms with E-state index in [1.165, 1.54) is 0 Å². The molecule has 0 aromatic heterocycles. The van der Waals surface area contributed by atoms with Gasteiger partial charge in [0, 0.05) is 0 Å². The van der Waals surface area contributed by atoms with Crippen LogP contribution >= 0.6 is 0 Å². The Morgan fingerprint density at radius 3 is 2.74 bits per heavy atom. The van der Waals surface area contributed by atoms with Crippen molar-refractivity contribution in [3.05, 3.63) is 35.9 Å². The van der Waals surface area contributed by atoms with Crippen molar-refractivity contribution in [3.8, 4) is 5.75 Å². The third kappa shape index (κ3) is 4.58. The monoisotopic (exact) mass is 317 g/mol. The van der Waals surface area contributed by atoms with Crippen LogP contribution in [0.15, 0.2) is 30.4 Å². The number of ether oxygens (including phenoxy) is 2.